The number of ketones is 1. The van der Waals surface area contributed by atoms with Gasteiger partial charge in [-0.1, -0.05) is 12.1 Å². The van der Waals surface area contributed by atoms with Gasteiger partial charge in [-0.15, -0.1) is 0 Å². The van der Waals surface area contributed by atoms with Crippen LogP contribution < -0.4 is 4.74 Å². The number of benzene rings is 1. The SMILES string of the molecule is O=C1CC2(CCN(C(=O)c3cnccn3)CC2)Oc2ccccc21. The summed E-state index contributed by atoms with van der Waals surface area (Å²) in [6, 6.07) is 7.36. The summed E-state index contributed by atoms with van der Waals surface area (Å²) in [4.78, 5) is 34.6. The summed E-state index contributed by atoms with van der Waals surface area (Å²) in [7, 11) is 0. The van der Waals surface area contributed by atoms with Crippen LogP contribution in [0.2, 0.25) is 0 Å². The summed E-state index contributed by atoms with van der Waals surface area (Å²) in [5.41, 5.74) is 0.505. The van der Waals surface area contributed by atoms with Crippen LogP contribution in [0.25, 0.3) is 0 Å². The molecule has 1 aromatic heterocycles. The number of ether oxygens (including phenoxy) is 1. The first-order valence-corrected chi connectivity index (χ1v) is 8.03. The summed E-state index contributed by atoms with van der Waals surface area (Å²) in [5, 5.41) is 0. The zero-order valence-electron chi connectivity index (χ0n) is 13.1. The Labute approximate surface area is 139 Å². The molecule has 1 saturated heterocycles. The van der Waals surface area contributed by atoms with Crippen LogP contribution in [0.15, 0.2) is 42.9 Å². The standard InChI is InChI=1S/C18H17N3O3/c22-15-11-18(24-16-4-2-1-3-13(15)16)5-9-21(10-6-18)17(23)14-12-19-7-8-20-14/h1-4,7-8,12H,5-6,9-11H2. The van der Waals surface area contributed by atoms with E-state index in [1.54, 1.807) is 17.2 Å². The third-order valence-corrected chi connectivity index (χ3v) is 4.74. The van der Waals surface area contributed by atoms with E-state index in [1.165, 1.54) is 12.4 Å². The molecule has 6 nitrogen and oxygen atoms in total. The van der Waals surface area contributed by atoms with Gasteiger partial charge in [0.25, 0.3) is 5.91 Å². The number of para-hydroxylation sites is 1. The number of hydrogen-bond donors (Lipinski definition) is 0. The van der Waals surface area contributed by atoms with E-state index in [1.807, 2.05) is 18.2 Å². The van der Waals surface area contributed by atoms with Gasteiger partial charge in [0.15, 0.2) is 5.78 Å². The number of nitrogens with zero attached hydrogens (tertiary/aromatic N) is 3. The number of likely N-dealkylation sites (tertiary alicyclic amines) is 1. The predicted octanol–water partition coefficient (Wildman–Crippen LogP) is 2.12. The number of carbonyl (C=O) groups excluding carboxylic acids is 2. The molecule has 0 bridgehead atoms. The van der Waals surface area contributed by atoms with Gasteiger partial charge in [0.1, 0.15) is 17.0 Å². The van der Waals surface area contributed by atoms with E-state index in [4.69, 9.17) is 4.74 Å². The molecule has 0 saturated carbocycles. The van der Waals surface area contributed by atoms with Crippen LogP contribution in [-0.2, 0) is 0 Å². The minimum atomic E-state index is -0.495. The summed E-state index contributed by atoms with van der Waals surface area (Å²) in [5.74, 6) is 0.647. The van der Waals surface area contributed by atoms with Gasteiger partial charge in [0.2, 0.25) is 0 Å². The summed E-state index contributed by atoms with van der Waals surface area (Å²) in [6.45, 7) is 1.09. The quantitative estimate of drug-likeness (QED) is 0.804. The number of fused-ring (bicyclic) bond motifs is 1. The van der Waals surface area contributed by atoms with Gasteiger partial charge in [0.05, 0.1) is 18.2 Å². The highest BCUT2D eigenvalue weighted by molar-refractivity contribution is 6.00. The van der Waals surface area contributed by atoms with Crippen molar-refractivity contribution in [1.29, 1.82) is 0 Å². The first kappa shape index (κ1) is 14.8. The highest BCUT2D eigenvalue weighted by Gasteiger charge is 2.43. The van der Waals surface area contributed by atoms with Gasteiger partial charge in [-0.2, -0.15) is 0 Å². The number of amides is 1. The molecule has 24 heavy (non-hydrogen) atoms. The summed E-state index contributed by atoms with van der Waals surface area (Å²) >= 11 is 0. The monoisotopic (exact) mass is 323 g/mol. The van der Waals surface area contributed by atoms with E-state index in [-0.39, 0.29) is 11.7 Å². The molecule has 0 atom stereocenters. The van der Waals surface area contributed by atoms with Crippen LogP contribution in [0.5, 0.6) is 5.75 Å². The lowest BCUT2D eigenvalue weighted by Gasteiger charge is -2.43. The number of hydrogen-bond acceptors (Lipinski definition) is 5. The van der Waals surface area contributed by atoms with Crippen LogP contribution >= 0.6 is 0 Å². The number of piperidine rings is 1. The van der Waals surface area contributed by atoms with Crippen molar-refractivity contribution in [3.8, 4) is 5.75 Å². The maximum atomic E-state index is 12.4. The largest absolute Gasteiger partial charge is 0.486 e. The van der Waals surface area contributed by atoms with Crippen molar-refractivity contribution in [2.75, 3.05) is 13.1 Å². The molecule has 1 amide bonds. The first-order chi connectivity index (χ1) is 11.7. The molecule has 2 aliphatic heterocycles. The normalized spacial score (nSPS) is 18.8. The van der Waals surface area contributed by atoms with E-state index in [9.17, 15) is 9.59 Å². The second-order valence-corrected chi connectivity index (χ2v) is 6.26. The molecule has 2 aromatic rings. The zero-order chi connectivity index (χ0) is 16.6. The Morgan fingerprint density at radius 3 is 2.71 bits per heavy atom. The average molecular weight is 323 g/mol. The third kappa shape index (κ3) is 2.54. The zero-order valence-corrected chi connectivity index (χ0v) is 13.1. The van der Waals surface area contributed by atoms with Crippen LogP contribution in [-0.4, -0.2) is 45.2 Å². The van der Waals surface area contributed by atoms with Crippen LogP contribution in [0.3, 0.4) is 0 Å². The molecule has 0 unspecified atom stereocenters. The molecule has 0 aliphatic carbocycles. The van der Waals surface area contributed by atoms with E-state index in [0.29, 0.717) is 49.4 Å². The van der Waals surface area contributed by atoms with Gasteiger partial charge in [-0.25, -0.2) is 4.98 Å². The van der Waals surface area contributed by atoms with Crippen molar-refractivity contribution < 1.29 is 14.3 Å². The first-order valence-electron chi connectivity index (χ1n) is 8.03. The Hall–Kier alpha value is -2.76. The predicted molar refractivity (Wildman–Crippen MR) is 85.9 cm³/mol. The average Bonchev–Trinajstić information content (AvgIpc) is 2.62. The van der Waals surface area contributed by atoms with Crippen molar-refractivity contribution in [1.82, 2.24) is 14.9 Å². The van der Waals surface area contributed by atoms with Crippen molar-refractivity contribution in [2.45, 2.75) is 24.9 Å². The highest BCUT2D eigenvalue weighted by atomic mass is 16.5. The van der Waals surface area contributed by atoms with Gasteiger partial charge >= 0.3 is 0 Å². The maximum absolute atomic E-state index is 12.4. The van der Waals surface area contributed by atoms with Crippen molar-refractivity contribution in [2.24, 2.45) is 0 Å². The highest BCUT2D eigenvalue weighted by Crippen LogP contribution is 2.39. The molecule has 1 fully saturated rings. The molecule has 2 aliphatic rings. The molecule has 4 rings (SSSR count). The Balaban J connectivity index is 1.49. The van der Waals surface area contributed by atoms with Gasteiger partial charge < -0.3 is 9.64 Å². The molecule has 0 radical (unpaired) electrons. The van der Waals surface area contributed by atoms with E-state index in [0.717, 1.165) is 0 Å². The van der Waals surface area contributed by atoms with E-state index in [2.05, 4.69) is 9.97 Å². The lowest BCUT2D eigenvalue weighted by Crippen LogP contribution is -2.52. The van der Waals surface area contributed by atoms with Crippen LogP contribution in [0.4, 0.5) is 0 Å². The van der Waals surface area contributed by atoms with Crippen molar-refractivity contribution in [3.05, 3.63) is 54.1 Å². The lowest BCUT2D eigenvalue weighted by atomic mass is 9.82. The molecular weight excluding hydrogens is 306 g/mol. The minimum absolute atomic E-state index is 0.116. The topological polar surface area (TPSA) is 72.4 Å². The third-order valence-electron chi connectivity index (χ3n) is 4.74. The summed E-state index contributed by atoms with van der Waals surface area (Å²) < 4.78 is 6.18. The van der Waals surface area contributed by atoms with E-state index < -0.39 is 5.60 Å². The Kier molecular flexibility index (Phi) is 3.52. The van der Waals surface area contributed by atoms with Gasteiger partial charge in [-0.3, -0.25) is 14.6 Å². The molecule has 122 valence electrons. The molecule has 3 heterocycles. The molecule has 1 aromatic carbocycles. The van der Waals surface area contributed by atoms with Gasteiger partial charge in [0, 0.05) is 38.3 Å². The molecule has 6 heteroatoms. The maximum Gasteiger partial charge on any atom is 0.274 e. The number of Topliss-reactive ketones (excluding diaryl/α,β-unsaturated/α-hetero) is 1. The number of carbonyl (C=O) groups is 2. The lowest BCUT2D eigenvalue weighted by molar-refractivity contribution is -0.00585. The number of rotatable bonds is 1. The molecule has 1 spiro atoms. The Morgan fingerprint density at radius 1 is 1.17 bits per heavy atom. The number of aromatic nitrogens is 2. The summed E-state index contributed by atoms with van der Waals surface area (Å²) in [6.07, 6.45) is 6.18. The van der Waals surface area contributed by atoms with Crippen molar-refractivity contribution in [3.63, 3.8) is 0 Å². The fourth-order valence-electron chi connectivity index (χ4n) is 3.41. The minimum Gasteiger partial charge on any atom is -0.486 e. The second-order valence-electron chi connectivity index (χ2n) is 6.26. The second kappa shape index (κ2) is 5.70. The van der Waals surface area contributed by atoms with Crippen LogP contribution in [0, 0.1) is 0 Å². The molecular formula is C18H17N3O3. The van der Waals surface area contributed by atoms with Gasteiger partial charge in [-0.05, 0) is 12.1 Å². The molecule has 0 N–H and O–H groups in total. The Bertz CT molecular complexity index is 783. The van der Waals surface area contributed by atoms with Crippen LogP contribution in [0.1, 0.15) is 40.1 Å². The fraction of sp³-hybridized carbons (Fsp3) is 0.333. The van der Waals surface area contributed by atoms with E-state index >= 15 is 0 Å². The van der Waals surface area contributed by atoms with Crippen molar-refractivity contribution >= 4 is 11.7 Å². The smallest absolute Gasteiger partial charge is 0.274 e. The fourth-order valence-corrected chi connectivity index (χ4v) is 3.41. The Morgan fingerprint density at radius 2 is 1.96 bits per heavy atom.